The molecule has 0 heterocycles. The van der Waals surface area contributed by atoms with Crippen LogP contribution < -0.4 is 0 Å². The zero-order valence-electron chi connectivity index (χ0n) is 9.11. The van der Waals surface area contributed by atoms with Crippen LogP contribution in [-0.2, 0) is 9.59 Å². The fourth-order valence-corrected chi connectivity index (χ4v) is 2.73. The second kappa shape index (κ2) is 4.63. The van der Waals surface area contributed by atoms with Gasteiger partial charge in [-0.15, -0.1) is 0 Å². The van der Waals surface area contributed by atoms with Crippen LogP contribution >= 0.6 is 23.2 Å². The van der Waals surface area contributed by atoms with E-state index in [4.69, 9.17) is 23.2 Å². The Balaban J connectivity index is 2.63. The van der Waals surface area contributed by atoms with Crippen molar-refractivity contribution in [1.82, 2.24) is 0 Å². The van der Waals surface area contributed by atoms with E-state index >= 15 is 0 Å². The lowest BCUT2D eigenvalue weighted by Crippen LogP contribution is -2.21. The summed E-state index contributed by atoms with van der Waals surface area (Å²) >= 11 is 11.2. The van der Waals surface area contributed by atoms with Crippen LogP contribution in [0.4, 0.5) is 0 Å². The number of rotatable bonds is 2. The summed E-state index contributed by atoms with van der Waals surface area (Å²) in [6.45, 7) is 1.85. The quantitative estimate of drug-likeness (QED) is 0.772. The summed E-state index contributed by atoms with van der Waals surface area (Å²) in [4.78, 5) is 22.8. The predicted octanol–water partition coefficient (Wildman–Crippen LogP) is 3.33. The topological polar surface area (TPSA) is 34.1 Å². The van der Waals surface area contributed by atoms with Crippen molar-refractivity contribution in [2.75, 3.05) is 0 Å². The van der Waals surface area contributed by atoms with Gasteiger partial charge >= 0.3 is 0 Å². The van der Waals surface area contributed by atoms with E-state index in [1.54, 1.807) is 18.2 Å². The normalized spacial score (nSPS) is 22.6. The molecule has 0 saturated heterocycles. The minimum absolute atomic E-state index is 0.132. The summed E-state index contributed by atoms with van der Waals surface area (Å²) in [5, 5.41) is -0.924. The SMILES string of the molecule is CC1C=C(C(=O)Cl)c2ccccc2C1C(=O)Cl. The fourth-order valence-electron chi connectivity index (χ4n) is 2.25. The Morgan fingerprint density at radius 3 is 2.41 bits per heavy atom. The van der Waals surface area contributed by atoms with Crippen LogP contribution in [0.15, 0.2) is 30.3 Å². The van der Waals surface area contributed by atoms with Crippen LogP contribution in [0.25, 0.3) is 5.57 Å². The van der Waals surface area contributed by atoms with Crippen molar-refractivity contribution in [2.24, 2.45) is 5.92 Å². The number of carbonyl (C=O) groups excluding carboxylic acids is 2. The van der Waals surface area contributed by atoms with E-state index in [1.807, 2.05) is 19.1 Å². The van der Waals surface area contributed by atoms with Gasteiger partial charge in [-0.25, -0.2) is 0 Å². The van der Waals surface area contributed by atoms with Gasteiger partial charge in [0.2, 0.25) is 5.24 Å². The van der Waals surface area contributed by atoms with Crippen molar-refractivity contribution in [3.63, 3.8) is 0 Å². The van der Waals surface area contributed by atoms with Gasteiger partial charge in [0.25, 0.3) is 5.24 Å². The van der Waals surface area contributed by atoms with E-state index in [2.05, 4.69) is 0 Å². The minimum Gasteiger partial charge on any atom is -0.281 e. The molecule has 0 saturated carbocycles. The van der Waals surface area contributed by atoms with E-state index in [-0.39, 0.29) is 5.92 Å². The van der Waals surface area contributed by atoms with Crippen molar-refractivity contribution in [3.05, 3.63) is 41.5 Å². The number of halogens is 2. The molecule has 0 bridgehead atoms. The molecule has 1 aliphatic carbocycles. The van der Waals surface area contributed by atoms with Crippen molar-refractivity contribution in [2.45, 2.75) is 12.8 Å². The van der Waals surface area contributed by atoms with Gasteiger partial charge in [0.15, 0.2) is 0 Å². The van der Waals surface area contributed by atoms with Crippen LogP contribution in [0.1, 0.15) is 24.0 Å². The third-order valence-electron chi connectivity index (χ3n) is 3.00. The van der Waals surface area contributed by atoms with Crippen LogP contribution in [0, 0.1) is 5.92 Å². The summed E-state index contributed by atoms with van der Waals surface area (Å²) in [5.74, 6) is -0.541. The molecule has 2 unspecified atom stereocenters. The van der Waals surface area contributed by atoms with Gasteiger partial charge in [-0.1, -0.05) is 37.3 Å². The number of fused-ring (bicyclic) bond motifs is 1. The lowest BCUT2D eigenvalue weighted by molar-refractivity contribution is -0.113. The standard InChI is InChI=1S/C13H10Cl2O2/c1-7-6-10(12(14)16)8-4-2-3-5-9(8)11(7)13(15)17/h2-7,11H,1H3. The highest BCUT2D eigenvalue weighted by Crippen LogP contribution is 2.39. The maximum atomic E-state index is 11.5. The molecule has 0 spiro atoms. The van der Waals surface area contributed by atoms with E-state index < -0.39 is 16.4 Å². The molecule has 0 amide bonds. The molecule has 1 aromatic rings. The van der Waals surface area contributed by atoms with Gasteiger partial charge in [0.1, 0.15) is 0 Å². The first-order valence-electron chi connectivity index (χ1n) is 5.22. The molecule has 0 radical (unpaired) electrons. The lowest BCUT2D eigenvalue weighted by Gasteiger charge is -2.26. The Morgan fingerprint density at radius 2 is 1.82 bits per heavy atom. The molecular formula is C13H10Cl2O2. The van der Waals surface area contributed by atoms with E-state index in [0.29, 0.717) is 11.1 Å². The Morgan fingerprint density at radius 1 is 1.18 bits per heavy atom. The molecule has 17 heavy (non-hydrogen) atoms. The maximum Gasteiger partial charge on any atom is 0.252 e. The Labute approximate surface area is 109 Å². The average molecular weight is 269 g/mol. The highest BCUT2D eigenvalue weighted by atomic mass is 35.5. The van der Waals surface area contributed by atoms with Gasteiger partial charge in [0.05, 0.1) is 5.92 Å². The van der Waals surface area contributed by atoms with Gasteiger partial charge in [0, 0.05) is 5.57 Å². The van der Waals surface area contributed by atoms with Gasteiger partial charge in [-0.3, -0.25) is 9.59 Å². The van der Waals surface area contributed by atoms with Crippen molar-refractivity contribution < 1.29 is 9.59 Å². The first-order valence-corrected chi connectivity index (χ1v) is 5.98. The Kier molecular flexibility index (Phi) is 3.36. The smallest absolute Gasteiger partial charge is 0.252 e. The predicted molar refractivity (Wildman–Crippen MR) is 68.0 cm³/mol. The van der Waals surface area contributed by atoms with Crippen LogP contribution in [0.5, 0.6) is 0 Å². The lowest BCUT2D eigenvalue weighted by atomic mass is 9.78. The van der Waals surface area contributed by atoms with E-state index in [0.717, 1.165) is 5.56 Å². The molecule has 4 heteroatoms. The molecule has 2 rings (SSSR count). The second-order valence-corrected chi connectivity index (χ2v) is 4.80. The third-order valence-corrected chi connectivity index (χ3v) is 3.44. The van der Waals surface area contributed by atoms with Crippen molar-refractivity contribution in [1.29, 1.82) is 0 Å². The molecule has 2 atom stereocenters. The first-order chi connectivity index (χ1) is 8.02. The fraction of sp³-hybridized carbons (Fsp3) is 0.231. The van der Waals surface area contributed by atoms with Gasteiger partial charge in [-0.05, 0) is 40.2 Å². The number of benzene rings is 1. The molecule has 0 fully saturated rings. The number of hydrogen-bond acceptors (Lipinski definition) is 2. The van der Waals surface area contributed by atoms with E-state index in [9.17, 15) is 9.59 Å². The Hall–Kier alpha value is -1.12. The number of allylic oxidation sites excluding steroid dienone is 2. The van der Waals surface area contributed by atoms with Crippen molar-refractivity contribution in [3.8, 4) is 0 Å². The second-order valence-electron chi connectivity index (χ2n) is 4.08. The zero-order chi connectivity index (χ0) is 12.6. The van der Waals surface area contributed by atoms with Crippen LogP contribution in [0.3, 0.4) is 0 Å². The highest BCUT2D eigenvalue weighted by Gasteiger charge is 2.32. The molecule has 0 N–H and O–H groups in total. The van der Waals surface area contributed by atoms with Gasteiger partial charge < -0.3 is 0 Å². The number of hydrogen-bond donors (Lipinski definition) is 0. The highest BCUT2D eigenvalue weighted by molar-refractivity contribution is 6.74. The van der Waals surface area contributed by atoms with E-state index in [1.165, 1.54) is 0 Å². The molecule has 0 aromatic heterocycles. The monoisotopic (exact) mass is 268 g/mol. The summed E-state index contributed by atoms with van der Waals surface area (Å²) in [7, 11) is 0. The van der Waals surface area contributed by atoms with Crippen molar-refractivity contribution >= 4 is 39.3 Å². The minimum atomic E-state index is -0.509. The maximum absolute atomic E-state index is 11.5. The third kappa shape index (κ3) is 2.15. The summed E-state index contributed by atoms with van der Waals surface area (Å²) in [6.07, 6.45) is 1.71. The van der Waals surface area contributed by atoms with Crippen LogP contribution in [-0.4, -0.2) is 10.5 Å². The summed E-state index contributed by atoms with van der Waals surface area (Å²) < 4.78 is 0. The first kappa shape index (κ1) is 12.3. The average Bonchev–Trinajstić information content (AvgIpc) is 2.27. The zero-order valence-corrected chi connectivity index (χ0v) is 10.6. The molecule has 1 aliphatic rings. The Bertz CT molecular complexity index is 520. The van der Waals surface area contributed by atoms with Crippen LogP contribution in [0.2, 0.25) is 0 Å². The van der Waals surface area contributed by atoms with Gasteiger partial charge in [-0.2, -0.15) is 0 Å². The molecular weight excluding hydrogens is 259 g/mol. The molecule has 88 valence electrons. The summed E-state index contributed by atoms with van der Waals surface area (Å²) in [5.41, 5.74) is 1.92. The largest absolute Gasteiger partial charge is 0.281 e. The molecule has 1 aromatic carbocycles. The number of carbonyl (C=O) groups is 2. The molecule has 0 aliphatic heterocycles. The summed E-state index contributed by atoms with van der Waals surface area (Å²) in [6, 6.07) is 7.21. The molecule has 2 nitrogen and oxygen atoms in total.